The van der Waals surface area contributed by atoms with E-state index < -0.39 is 5.97 Å². The van der Waals surface area contributed by atoms with Crippen molar-refractivity contribution in [3.05, 3.63) is 11.1 Å². The second-order valence-corrected chi connectivity index (χ2v) is 4.91. The molecule has 1 aliphatic carbocycles. The molecule has 82 valence electrons. The monoisotopic (exact) mass is 226 g/mol. The largest absolute Gasteiger partial charge is 0.476 e. The molecule has 4 nitrogen and oxygen atoms in total. The van der Waals surface area contributed by atoms with Crippen LogP contribution in [0.1, 0.15) is 36.7 Å². The van der Waals surface area contributed by atoms with Gasteiger partial charge in [0.05, 0.1) is 0 Å². The van der Waals surface area contributed by atoms with Crippen LogP contribution in [-0.2, 0) is 0 Å². The predicted octanol–water partition coefficient (Wildman–Crippen LogP) is 2.44. The van der Waals surface area contributed by atoms with Crippen LogP contribution in [0.5, 0.6) is 0 Å². The van der Waals surface area contributed by atoms with Crippen LogP contribution in [0.25, 0.3) is 0 Å². The number of carboxylic acids is 1. The summed E-state index contributed by atoms with van der Waals surface area (Å²) in [5, 5.41) is 14.2. The molecule has 0 unspecified atom stereocenters. The number of nitrogens with one attached hydrogen (secondary N) is 1. The molecule has 1 saturated carbocycles. The highest BCUT2D eigenvalue weighted by Crippen LogP contribution is 2.48. The minimum absolute atomic E-state index is 0.129. The molecule has 0 atom stereocenters. The Kier molecular flexibility index (Phi) is 2.65. The number of hydrogen-bond acceptors (Lipinski definition) is 4. The Morgan fingerprint density at radius 1 is 1.73 bits per heavy atom. The van der Waals surface area contributed by atoms with E-state index in [4.69, 9.17) is 5.11 Å². The lowest BCUT2D eigenvalue weighted by atomic mass is 10.0. The molecule has 0 amide bonds. The van der Waals surface area contributed by atoms with Gasteiger partial charge in [0.1, 0.15) is 0 Å². The van der Waals surface area contributed by atoms with E-state index in [1.807, 2.05) is 0 Å². The first-order chi connectivity index (χ1) is 7.15. The summed E-state index contributed by atoms with van der Waals surface area (Å²) in [6.07, 6.45) is 3.72. The number of anilines is 1. The molecule has 0 bridgehead atoms. The fourth-order valence-electron chi connectivity index (χ4n) is 1.55. The van der Waals surface area contributed by atoms with Crippen LogP contribution >= 0.6 is 11.3 Å². The van der Waals surface area contributed by atoms with Crippen LogP contribution in [0.4, 0.5) is 5.13 Å². The number of carbonyl (C=O) groups is 1. The maximum absolute atomic E-state index is 10.6. The summed E-state index contributed by atoms with van der Waals surface area (Å²) in [4.78, 5) is 14.6. The van der Waals surface area contributed by atoms with Crippen LogP contribution in [0.2, 0.25) is 0 Å². The maximum Gasteiger partial charge on any atom is 0.355 e. The lowest BCUT2D eigenvalue weighted by Gasteiger charge is -2.11. The van der Waals surface area contributed by atoms with E-state index in [-0.39, 0.29) is 5.69 Å². The summed E-state index contributed by atoms with van der Waals surface area (Å²) in [5.41, 5.74) is 0.582. The van der Waals surface area contributed by atoms with Crippen molar-refractivity contribution in [2.45, 2.75) is 26.2 Å². The second-order valence-electron chi connectivity index (χ2n) is 4.05. The van der Waals surface area contributed by atoms with Gasteiger partial charge in [-0.3, -0.25) is 0 Å². The lowest BCUT2D eigenvalue weighted by Crippen LogP contribution is -2.14. The maximum atomic E-state index is 10.6. The molecule has 15 heavy (non-hydrogen) atoms. The first-order valence-electron chi connectivity index (χ1n) is 5.08. The van der Waals surface area contributed by atoms with Crippen molar-refractivity contribution < 1.29 is 9.90 Å². The van der Waals surface area contributed by atoms with Gasteiger partial charge >= 0.3 is 5.97 Å². The first kappa shape index (κ1) is 10.4. The van der Waals surface area contributed by atoms with E-state index in [2.05, 4.69) is 17.2 Å². The third-order valence-electron chi connectivity index (χ3n) is 3.05. The van der Waals surface area contributed by atoms with E-state index in [9.17, 15) is 4.79 Å². The molecule has 1 fully saturated rings. The Morgan fingerprint density at radius 2 is 2.47 bits per heavy atom. The number of aromatic carboxylic acids is 1. The fraction of sp³-hybridized carbons (Fsp3) is 0.600. The van der Waals surface area contributed by atoms with E-state index in [1.54, 1.807) is 5.38 Å². The Hall–Kier alpha value is -1.10. The minimum Gasteiger partial charge on any atom is -0.476 e. The smallest absolute Gasteiger partial charge is 0.355 e. The number of aromatic nitrogens is 1. The van der Waals surface area contributed by atoms with Crippen molar-refractivity contribution in [3.8, 4) is 0 Å². The molecule has 0 aliphatic heterocycles. The molecule has 0 aromatic carbocycles. The van der Waals surface area contributed by atoms with Gasteiger partial charge in [-0.1, -0.05) is 6.92 Å². The summed E-state index contributed by atoms with van der Waals surface area (Å²) in [6, 6.07) is 0. The van der Waals surface area contributed by atoms with Crippen molar-refractivity contribution in [1.82, 2.24) is 4.98 Å². The Bertz CT molecular complexity index is 371. The third-order valence-corrected chi connectivity index (χ3v) is 3.85. The number of rotatable bonds is 5. The van der Waals surface area contributed by atoms with Gasteiger partial charge in [0, 0.05) is 11.9 Å². The summed E-state index contributed by atoms with van der Waals surface area (Å²) in [5.74, 6) is -0.962. The molecule has 0 radical (unpaired) electrons. The summed E-state index contributed by atoms with van der Waals surface area (Å²) in [7, 11) is 0. The average Bonchev–Trinajstić information content (AvgIpc) is 2.85. The van der Waals surface area contributed by atoms with Gasteiger partial charge in [-0.05, 0) is 24.7 Å². The molecule has 0 saturated heterocycles. The van der Waals surface area contributed by atoms with Gasteiger partial charge in [0.15, 0.2) is 10.8 Å². The fourth-order valence-corrected chi connectivity index (χ4v) is 2.23. The predicted molar refractivity (Wildman–Crippen MR) is 59.5 cm³/mol. The number of carboxylic acid groups (broad SMARTS) is 1. The van der Waals surface area contributed by atoms with Crippen LogP contribution in [0, 0.1) is 5.41 Å². The van der Waals surface area contributed by atoms with Crippen LogP contribution in [0.3, 0.4) is 0 Å². The van der Waals surface area contributed by atoms with Crippen molar-refractivity contribution in [3.63, 3.8) is 0 Å². The standard InChI is InChI=1S/C10H14N2O2S/c1-2-10(3-4-10)6-11-9-12-7(5-15-9)8(13)14/h5H,2-4,6H2,1H3,(H,11,12)(H,13,14). The zero-order valence-electron chi connectivity index (χ0n) is 8.62. The Balaban J connectivity index is 1.91. The Labute approximate surface area is 92.3 Å². The van der Waals surface area contributed by atoms with E-state index in [1.165, 1.54) is 30.6 Å². The van der Waals surface area contributed by atoms with E-state index >= 15 is 0 Å². The normalized spacial score (nSPS) is 17.4. The van der Waals surface area contributed by atoms with Crippen LogP contribution in [-0.4, -0.2) is 22.6 Å². The van der Waals surface area contributed by atoms with Gasteiger partial charge in [-0.25, -0.2) is 9.78 Å². The van der Waals surface area contributed by atoms with Crippen molar-refractivity contribution in [2.24, 2.45) is 5.41 Å². The molecule has 1 heterocycles. The van der Waals surface area contributed by atoms with Crippen LogP contribution < -0.4 is 5.32 Å². The topological polar surface area (TPSA) is 62.2 Å². The molecular formula is C10H14N2O2S. The molecule has 0 spiro atoms. The van der Waals surface area contributed by atoms with Gasteiger partial charge in [-0.2, -0.15) is 0 Å². The molecule has 1 aliphatic rings. The van der Waals surface area contributed by atoms with E-state index in [0.717, 1.165) is 6.54 Å². The number of thiazole rings is 1. The van der Waals surface area contributed by atoms with Gasteiger partial charge < -0.3 is 10.4 Å². The quantitative estimate of drug-likeness (QED) is 0.809. The summed E-state index contributed by atoms with van der Waals surface area (Å²) in [6.45, 7) is 3.11. The van der Waals surface area contributed by atoms with Crippen LogP contribution in [0.15, 0.2) is 5.38 Å². The SMILES string of the molecule is CCC1(CNc2nc(C(=O)O)cs2)CC1. The van der Waals surface area contributed by atoms with Gasteiger partial charge in [0.25, 0.3) is 0 Å². The molecule has 2 rings (SSSR count). The zero-order chi connectivity index (χ0) is 10.9. The van der Waals surface area contributed by atoms with Gasteiger partial charge in [0.2, 0.25) is 0 Å². The van der Waals surface area contributed by atoms with Crippen molar-refractivity contribution in [1.29, 1.82) is 0 Å². The van der Waals surface area contributed by atoms with Gasteiger partial charge in [-0.15, -0.1) is 11.3 Å². The van der Waals surface area contributed by atoms with E-state index in [0.29, 0.717) is 10.5 Å². The average molecular weight is 226 g/mol. The number of nitrogens with zero attached hydrogens (tertiary/aromatic N) is 1. The molecule has 1 aromatic heterocycles. The third kappa shape index (κ3) is 2.28. The Morgan fingerprint density at radius 3 is 2.93 bits per heavy atom. The highest BCUT2D eigenvalue weighted by atomic mass is 32.1. The highest BCUT2D eigenvalue weighted by Gasteiger charge is 2.40. The lowest BCUT2D eigenvalue weighted by molar-refractivity contribution is 0.0691. The van der Waals surface area contributed by atoms with Crippen molar-refractivity contribution in [2.75, 3.05) is 11.9 Å². The molecule has 1 aromatic rings. The first-order valence-corrected chi connectivity index (χ1v) is 5.96. The zero-order valence-corrected chi connectivity index (χ0v) is 9.43. The highest BCUT2D eigenvalue weighted by molar-refractivity contribution is 7.13. The summed E-state index contributed by atoms with van der Waals surface area (Å²) < 4.78 is 0. The van der Waals surface area contributed by atoms with Crippen molar-refractivity contribution >= 4 is 22.4 Å². The minimum atomic E-state index is -0.962. The number of hydrogen-bond donors (Lipinski definition) is 2. The second kappa shape index (κ2) is 3.81. The molecule has 5 heteroatoms. The molecule has 2 N–H and O–H groups in total. The molecular weight excluding hydrogens is 212 g/mol. The summed E-state index contributed by atoms with van der Waals surface area (Å²) >= 11 is 1.35.